The van der Waals surface area contributed by atoms with E-state index in [-0.39, 0.29) is 5.91 Å². The standard InChI is InChI=1S/C13H16N6O/c20-13(18-7-2-5-14-6-8-18)11-3-1-4-12(9-11)19-10-15-16-17-19/h1,3-4,9-10,14H,2,5-8H2. The number of nitrogens with zero attached hydrogens (tertiary/aromatic N) is 5. The van der Waals surface area contributed by atoms with E-state index in [1.54, 1.807) is 4.68 Å². The molecule has 1 saturated heterocycles. The molecule has 0 bridgehead atoms. The summed E-state index contributed by atoms with van der Waals surface area (Å²) in [6, 6.07) is 7.36. The Bertz CT molecular complexity index is 574. The van der Waals surface area contributed by atoms with Crippen molar-refractivity contribution in [1.29, 1.82) is 0 Å². The van der Waals surface area contributed by atoms with Gasteiger partial charge in [0.1, 0.15) is 6.33 Å². The van der Waals surface area contributed by atoms with Crippen LogP contribution in [0, 0.1) is 0 Å². The fraction of sp³-hybridized carbons (Fsp3) is 0.385. The van der Waals surface area contributed by atoms with Gasteiger partial charge in [0, 0.05) is 25.2 Å². The average molecular weight is 272 g/mol. The second-order valence-electron chi connectivity index (χ2n) is 4.70. The summed E-state index contributed by atoms with van der Waals surface area (Å²) in [5.41, 5.74) is 1.45. The van der Waals surface area contributed by atoms with Gasteiger partial charge in [-0.25, -0.2) is 4.68 Å². The van der Waals surface area contributed by atoms with E-state index in [0.29, 0.717) is 5.56 Å². The number of tetrazole rings is 1. The Morgan fingerprint density at radius 2 is 2.20 bits per heavy atom. The summed E-state index contributed by atoms with van der Waals surface area (Å²) in [6.07, 6.45) is 2.50. The topological polar surface area (TPSA) is 75.9 Å². The van der Waals surface area contributed by atoms with E-state index < -0.39 is 0 Å². The molecule has 1 fully saturated rings. The summed E-state index contributed by atoms with van der Waals surface area (Å²) in [5, 5.41) is 14.3. The number of nitrogens with one attached hydrogen (secondary N) is 1. The summed E-state index contributed by atoms with van der Waals surface area (Å²) in [4.78, 5) is 14.4. The summed E-state index contributed by atoms with van der Waals surface area (Å²) < 4.78 is 1.54. The molecule has 1 amide bonds. The Kier molecular flexibility index (Phi) is 3.69. The lowest BCUT2D eigenvalue weighted by molar-refractivity contribution is 0.0766. The van der Waals surface area contributed by atoms with Crippen LogP contribution in [-0.2, 0) is 0 Å². The molecule has 20 heavy (non-hydrogen) atoms. The van der Waals surface area contributed by atoms with Crippen molar-refractivity contribution >= 4 is 5.91 Å². The van der Waals surface area contributed by atoms with Gasteiger partial charge in [0.25, 0.3) is 5.91 Å². The number of hydrogen-bond donors (Lipinski definition) is 1. The van der Waals surface area contributed by atoms with Crippen molar-refractivity contribution in [2.24, 2.45) is 0 Å². The van der Waals surface area contributed by atoms with Crippen LogP contribution in [0.2, 0.25) is 0 Å². The molecule has 1 aliphatic rings. The van der Waals surface area contributed by atoms with Crippen LogP contribution < -0.4 is 5.32 Å². The van der Waals surface area contributed by atoms with E-state index >= 15 is 0 Å². The molecule has 0 unspecified atom stereocenters. The molecule has 3 rings (SSSR count). The van der Waals surface area contributed by atoms with Gasteiger partial charge < -0.3 is 10.2 Å². The second kappa shape index (κ2) is 5.79. The molecule has 0 spiro atoms. The monoisotopic (exact) mass is 272 g/mol. The molecule has 2 heterocycles. The maximum atomic E-state index is 12.5. The van der Waals surface area contributed by atoms with Crippen LogP contribution in [0.3, 0.4) is 0 Å². The molecular weight excluding hydrogens is 256 g/mol. The molecule has 0 radical (unpaired) electrons. The molecule has 7 nitrogen and oxygen atoms in total. The zero-order valence-corrected chi connectivity index (χ0v) is 11.1. The Labute approximate surface area is 116 Å². The van der Waals surface area contributed by atoms with Gasteiger partial charge in [-0.3, -0.25) is 4.79 Å². The van der Waals surface area contributed by atoms with E-state index in [1.807, 2.05) is 29.2 Å². The third-order valence-electron chi connectivity index (χ3n) is 3.33. The van der Waals surface area contributed by atoms with Crippen LogP contribution in [0.15, 0.2) is 30.6 Å². The zero-order chi connectivity index (χ0) is 13.8. The minimum Gasteiger partial charge on any atom is -0.337 e. The zero-order valence-electron chi connectivity index (χ0n) is 11.1. The lowest BCUT2D eigenvalue weighted by Crippen LogP contribution is -2.34. The van der Waals surface area contributed by atoms with Gasteiger partial charge in [-0.1, -0.05) is 6.07 Å². The average Bonchev–Trinajstić information content (AvgIpc) is 2.89. The van der Waals surface area contributed by atoms with E-state index in [1.165, 1.54) is 6.33 Å². The van der Waals surface area contributed by atoms with Gasteiger partial charge in [-0.05, 0) is 41.6 Å². The molecular formula is C13H16N6O. The molecule has 0 aliphatic carbocycles. The highest BCUT2D eigenvalue weighted by Gasteiger charge is 2.17. The molecule has 1 aliphatic heterocycles. The molecule has 104 valence electrons. The number of rotatable bonds is 2. The Morgan fingerprint density at radius 1 is 1.25 bits per heavy atom. The van der Waals surface area contributed by atoms with Crippen LogP contribution in [-0.4, -0.2) is 57.2 Å². The Hall–Kier alpha value is -2.28. The first-order chi connectivity index (χ1) is 9.84. The van der Waals surface area contributed by atoms with Crippen LogP contribution in [0.25, 0.3) is 5.69 Å². The van der Waals surface area contributed by atoms with Gasteiger partial charge >= 0.3 is 0 Å². The predicted molar refractivity (Wildman–Crippen MR) is 72.5 cm³/mol. The van der Waals surface area contributed by atoms with E-state index in [0.717, 1.165) is 38.3 Å². The molecule has 2 aromatic rings. The van der Waals surface area contributed by atoms with E-state index in [2.05, 4.69) is 20.8 Å². The van der Waals surface area contributed by atoms with E-state index in [4.69, 9.17) is 0 Å². The molecule has 0 atom stereocenters. The van der Waals surface area contributed by atoms with Crippen molar-refractivity contribution in [2.45, 2.75) is 6.42 Å². The minimum absolute atomic E-state index is 0.0589. The lowest BCUT2D eigenvalue weighted by Gasteiger charge is -2.20. The number of carbonyl (C=O) groups is 1. The lowest BCUT2D eigenvalue weighted by atomic mass is 10.1. The Morgan fingerprint density at radius 3 is 3.05 bits per heavy atom. The quantitative estimate of drug-likeness (QED) is 0.839. The van der Waals surface area contributed by atoms with Crippen molar-refractivity contribution < 1.29 is 4.79 Å². The highest BCUT2D eigenvalue weighted by Crippen LogP contribution is 2.12. The molecule has 0 saturated carbocycles. The highest BCUT2D eigenvalue weighted by atomic mass is 16.2. The predicted octanol–water partition coefficient (Wildman–Crippen LogP) is 0.0978. The van der Waals surface area contributed by atoms with Gasteiger partial charge in [0.2, 0.25) is 0 Å². The van der Waals surface area contributed by atoms with Gasteiger partial charge in [-0.15, -0.1) is 5.10 Å². The number of hydrogen-bond acceptors (Lipinski definition) is 5. The number of benzene rings is 1. The molecule has 1 aromatic heterocycles. The van der Waals surface area contributed by atoms with Gasteiger partial charge in [-0.2, -0.15) is 0 Å². The summed E-state index contributed by atoms with van der Waals surface area (Å²) in [6.45, 7) is 3.35. The maximum Gasteiger partial charge on any atom is 0.253 e. The molecule has 1 aromatic carbocycles. The van der Waals surface area contributed by atoms with E-state index in [9.17, 15) is 4.79 Å². The first-order valence-electron chi connectivity index (χ1n) is 6.68. The van der Waals surface area contributed by atoms with Crippen molar-refractivity contribution in [1.82, 2.24) is 30.4 Å². The van der Waals surface area contributed by atoms with Crippen LogP contribution in [0.1, 0.15) is 16.8 Å². The SMILES string of the molecule is O=C(c1cccc(-n2cnnn2)c1)N1CCCNCC1. The largest absolute Gasteiger partial charge is 0.337 e. The van der Waals surface area contributed by atoms with Gasteiger partial charge in [0.15, 0.2) is 0 Å². The maximum absolute atomic E-state index is 12.5. The highest BCUT2D eigenvalue weighted by molar-refractivity contribution is 5.94. The van der Waals surface area contributed by atoms with Crippen molar-refractivity contribution in [3.05, 3.63) is 36.2 Å². The van der Waals surface area contributed by atoms with Crippen LogP contribution >= 0.6 is 0 Å². The van der Waals surface area contributed by atoms with Crippen LogP contribution in [0.5, 0.6) is 0 Å². The van der Waals surface area contributed by atoms with Crippen LogP contribution in [0.4, 0.5) is 0 Å². The normalized spacial score (nSPS) is 15.9. The number of carbonyl (C=O) groups excluding carboxylic acids is 1. The summed E-state index contributed by atoms with van der Waals surface area (Å²) >= 11 is 0. The molecule has 7 heteroatoms. The molecule has 1 N–H and O–H groups in total. The summed E-state index contributed by atoms with van der Waals surface area (Å²) in [5.74, 6) is 0.0589. The minimum atomic E-state index is 0.0589. The van der Waals surface area contributed by atoms with Crippen molar-refractivity contribution in [2.75, 3.05) is 26.2 Å². The first kappa shape index (κ1) is 12.7. The summed E-state index contributed by atoms with van der Waals surface area (Å²) in [7, 11) is 0. The third-order valence-corrected chi connectivity index (χ3v) is 3.33. The van der Waals surface area contributed by atoms with Crippen molar-refractivity contribution in [3.63, 3.8) is 0 Å². The fourth-order valence-electron chi connectivity index (χ4n) is 2.29. The van der Waals surface area contributed by atoms with Gasteiger partial charge in [0.05, 0.1) is 5.69 Å². The number of amides is 1. The smallest absolute Gasteiger partial charge is 0.253 e. The number of aromatic nitrogens is 4. The first-order valence-corrected chi connectivity index (χ1v) is 6.68. The Balaban J connectivity index is 1.82. The second-order valence-corrected chi connectivity index (χ2v) is 4.70. The fourth-order valence-corrected chi connectivity index (χ4v) is 2.29. The third kappa shape index (κ3) is 2.67. The van der Waals surface area contributed by atoms with Crippen molar-refractivity contribution in [3.8, 4) is 5.69 Å².